The second-order valence-corrected chi connectivity index (χ2v) is 4.78. The molecule has 17 heavy (non-hydrogen) atoms. The zero-order valence-electron chi connectivity index (χ0n) is 9.81. The summed E-state index contributed by atoms with van der Waals surface area (Å²) in [5.41, 5.74) is 0.687. The Morgan fingerprint density at radius 3 is 2.88 bits per heavy atom. The molecule has 1 N–H and O–H groups in total. The van der Waals surface area contributed by atoms with Gasteiger partial charge in [-0.1, -0.05) is 12.1 Å². The van der Waals surface area contributed by atoms with Crippen molar-refractivity contribution >= 4 is 10.8 Å². The molecule has 0 radical (unpaired) electrons. The van der Waals surface area contributed by atoms with E-state index in [1.165, 1.54) is 0 Å². The van der Waals surface area contributed by atoms with Crippen LogP contribution in [-0.2, 0) is 6.42 Å². The highest BCUT2D eigenvalue weighted by Gasteiger charge is 2.40. The minimum atomic E-state index is -0.455. The maximum atomic E-state index is 9.93. The Bertz CT molecular complexity index is 561. The lowest BCUT2D eigenvalue weighted by atomic mass is 10.0. The van der Waals surface area contributed by atoms with Crippen molar-refractivity contribution in [1.82, 2.24) is 4.98 Å². The molecule has 0 unspecified atom stereocenters. The van der Waals surface area contributed by atoms with Crippen LogP contribution in [0.25, 0.3) is 10.8 Å². The maximum Gasteiger partial charge on any atom is 0.221 e. The predicted molar refractivity (Wildman–Crippen MR) is 66.2 cm³/mol. The molecule has 1 heterocycles. The van der Waals surface area contributed by atoms with E-state index in [4.69, 9.17) is 4.74 Å². The van der Waals surface area contributed by atoms with Gasteiger partial charge in [0.1, 0.15) is 0 Å². The van der Waals surface area contributed by atoms with Crippen molar-refractivity contribution in [3.8, 4) is 5.88 Å². The first-order valence-corrected chi connectivity index (χ1v) is 5.84. The van der Waals surface area contributed by atoms with Crippen LogP contribution in [0.4, 0.5) is 0 Å². The average molecular weight is 229 g/mol. The summed E-state index contributed by atoms with van der Waals surface area (Å²) in [4.78, 5) is 4.19. The molecule has 3 heteroatoms. The minimum Gasteiger partial charge on any atom is -0.481 e. The molecule has 0 amide bonds. The third kappa shape index (κ3) is 1.98. The summed E-state index contributed by atoms with van der Waals surface area (Å²) in [7, 11) is 1.63. The van der Waals surface area contributed by atoms with E-state index in [1.807, 2.05) is 6.07 Å². The second-order valence-electron chi connectivity index (χ2n) is 4.78. The maximum absolute atomic E-state index is 9.93. The molecule has 0 saturated heterocycles. The first kappa shape index (κ1) is 10.5. The third-order valence-electron chi connectivity index (χ3n) is 3.35. The number of methoxy groups -OCH3 is 1. The highest BCUT2D eigenvalue weighted by Crippen LogP contribution is 2.38. The minimum absolute atomic E-state index is 0.455. The summed E-state index contributed by atoms with van der Waals surface area (Å²) in [6, 6.07) is 8.16. The number of hydrogen-bond acceptors (Lipinski definition) is 3. The van der Waals surface area contributed by atoms with Gasteiger partial charge in [-0.25, -0.2) is 4.98 Å². The van der Waals surface area contributed by atoms with Gasteiger partial charge < -0.3 is 9.84 Å². The van der Waals surface area contributed by atoms with E-state index in [-0.39, 0.29) is 0 Å². The molecule has 0 aliphatic heterocycles. The molecule has 3 nitrogen and oxygen atoms in total. The summed E-state index contributed by atoms with van der Waals surface area (Å²) in [5, 5.41) is 12.1. The zero-order chi connectivity index (χ0) is 11.9. The van der Waals surface area contributed by atoms with Gasteiger partial charge in [0.05, 0.1) is 12.7 Å². The number of aromatic nitrogens is 1. The lowest BCUT2D eigenvalue weighted by molar-refractivity contribution is 0.151. The number of nitrogens with zero attached hydrogens (tertiary/aromatic N) is 1. The lowest BCUT2D eigenvalue weighted by Gasteiger charge is -2.09. The molecule has 88 valence electrons. The van der Waals surface area contributed by atoms with Crippen molar-refractivity contribution in [2.75, 3.05) is 7.11 Å². The van der Waals surface area contributed by atoms with Crippen LogP contribution in [-0.4, -0.2) is 22.8 Å². The molecule has 1 fully saturated rings. The van der Waals surface area contributed by atoms with E-state index in [0.717, 1.165) is 35.6 Å². The van der Waals surface area contributed by atoms with Gasteiger partial charge in [-0.3, -0.25) is 0 Å². The lowest BCUT2D eigenvalue weighted by Crippen LogP contribution is -2.10. The molecular formula is C14H15NO2. The van der Waals surface area contributed by atoms with E-state index < -0.39 is 5.60 Å². The Kier molecular flexibility index (Phi) is 2.30. The van der Waals surface area contributed by atoms with E-state index >= 15 is 0 Å². The average Bonchev–Trinajstić information content (AvgIpc) is 3.06. The van der Waals surface area contributed by atoms with Gasteiger partial charge in [-0.2, -0.15) is 0 Å². The van der Waals surface area contributed by atoms with Crippen LogP contribution in [0.5, 0.6) is 5.88 Å². The highest BCUT2D eigenvalue weighted by atomic mass is 16.5. The summed E-state index contributed by atoms with van der Waals surface area (Å²) >= 11 is 0. The van der Waals surface area contributed by atoms with Crippen molar-refractivity contribution in [3.63, 3.8) is 0 Å². The first-order valence-electron chi connectivity index (χ1n) is 5.84. The van der Waals surface area contributed by atoms with Crippen molar-refractivity contribution in [3.05, 3.63) is 36.0 Å². The van der Waals surface area contributed by atoms with E-state index in [2.05, 4.69) is 23.2 Å². The largest absolute Gasteiger partial charge is 0.481 e. The Morgan fingerprint density at radius 2 is 2.18 bits per heavy atom. The molecule has 0 atom stereocenters. The Labute approximate surface area is 100 Å². The normalized spacial score (nSPS) is 17.1. The molecule has 1 aliphatic rings. The molecule has 1 aliphatic carbocycles. The number of fused-ring (bicyclic) bond motifs is 1. The van der Waals surface area contributed by atoms with Gasteiger partial charge in [0.15, 0.2) is 0 Å². The van der Waals surface area contributed by atoms with Gasteiger partial charge in [0.25, 0.3) is 0 Å². The fraction of sp³-hybridized carbons (Fsp3) is 0.357. The molecular weight excluding hydrogens is 214 g/mol. The second kappa shape index (κ2) is 3.70. The molecule has 1 aromatic carbocycles. The van der Waals surface area contributed by atoms with E-state index in [0.29, 0.717) is 5.88 Å². The standard InChI is InChI=1S/C14H15NO2/c1-17-13-12-8-10(9-14(16)5-6-14)2-3-11(12)4-7-15-13/h2-4,7-8,16H,5-6,9H2,1H3. The third-order valence-corrected chi connectivity index (χ3v) is 3.35. The van der Waals surface area contributed by atoms with Crippen LogP contribution in [0.15, 0.2) is 30.5 Å². The number of aliphatic hydroxyl groups is 1. The molecule has 1 saturated carbocycles. The Morgan fingerprint density at radius 1 is 1.35 bits per heavy atom. The molecule has 1 aromatic heterocycles. The summed E-state index contributed by atoms with van der Waals surface area (Å²) < 4.78 is 5.25. The van der Waals surface area contributed by atoms with Crippen LogP contribution < -0.4 is 4.74 Å². The smallest absolute Gasteiger partial charge is 0.221 e. The monoisotopic (exact) mass is 229 g/mol. The van der Waals surface area contributed by atoms with Gasteiger partial charge in [-0.15, -0.1) is 0 Å². The van der Waals surface area contributed by atoms with Crippen LogP contribution in [0.2, 0.25) is 0 Å². The Hall–Kier alpha value is -1.61. The molecule has 0 spiro atoms. The first-order chi connectivity index (χ1) is 8.20. The zero-order valence-corrected chi connectivity index (χ0v) is 9.81. The number of ether oxygens (including phenoxy) is 1. The summed E-state index contributed by atoms with van der Waals surface area (Å²) in [6.45, 7) is 0. The van der Waals surface area contributed by atoms with Crippen LogP contribution in [0.1, 0.15) is 18.4 Å². The van der Waals surface area contributed by atoms with Crippen LogP contribution in [0, 0.1) is 0 Å². The fourth-order valence-corrected chi connectivity index (χ4v) is 2.16. The molecule has 3 rings (SSSR count). The van der Waals surface area contributed by atoms with Gasteiger partial charge in [0, 0.05) is 18.0 Å². The van der Waals surface area contributed by atoms with Gasteiger partial charge in [-0.05, 0) is 35.9 Å². The molecule has 0 bridgehead atoms. The number of rotatable bonds is 3. The van der Waals surface area contributed by atoms with E-state index in [1.54, 1.807) is 13.3 Å². The Balaban J connectivity index is 2.04. The van der Waals surface area contributed by atoms with Crippen molar-refractivity contribution in [2.24, 2.45) is 0 Å². The quantitative estimate of drug-likeness (QED) is 0.878. The SMILES string of the molecule is COc1nccc2ccc(CC3(O)CC3)cc12. The fourth-order valence-electron chi connectivity index (χ4n) is 2.16. The predicted octanol–water partition coefficient (Wildman–Crippen LogP) is 2.31. The number of pyridine rings is 1. The van der Waals surface area contributed by atoms with Crippen molar-refractivity contribution < 1.29 is 9.84 Å². The van der Waals surface area contributed by atoms with E-state index in [9.17, 15) is 5.11 Å². The van der Waals surface area contributed by atoms with Crippen molar-refractivity contribution in [2.45, 2.75) is 24.9 Å². The van der Waals surface area contributed by atoms with Crippen LogP contribution >= 0.6 is 0 Å². The number of benzene rings is 1. The summed E-state index contributed by atoms with van der Waals surface area (Å²) in [6.07, 6.45) is 4.29. The van der Waals surface area contributed by atoms with Crippen LogP contribution in [0.3, 0.4) is 0 Å². The highest BCUT2D eigenvalue weighted by molar-refractivity contribution is 5.87. The van der Waals surface area contributed by atoms with Gasteiger partial charge >= 0.3 is 0 Å². The molecule has 2 aromatic rings. The van der Waals surface area contributed by atoms with Crippen molar-refractivity contribution in [1.29, 1.82) is 0 Å². The summed E-state index contributed by atoms with van der Waals surface area (Å²) in [5.74, 6) is 0.645. The van der Waals surface area contributed by atoms with Gasteiger partial charge in [0.2, 0.25) is 5.88 Å². The topological polar surface area (TPSA) is 42.4 Å². The number of hydrogen-bond donors (Lipinski definition) is 1.